The summed E-state index contributed by atoms with van der Waals surface area (Å²) in [7, 11) is -1.22. The van der Waals surface area contributed by atoms with Gasteiger partial charge in [-0.2, -0.15) is 0 Å². The second kappa shape index (κ2) is 10.9. The number of aromatic nitrogens is 1. The molecule has 0 radical (unpaired) electrons. The number of sulfone groups is 1. The Morgan fingerprint density at radius 3 is 2.34 bits per heavy atom. The van der Waals surface area contributed by atoms with E-state index >= 15 is 0 Å². The number of halogens is 1. The molecule has 10 heteroatoms. The standard InChI is InChI=1S/C19H27N5O3S.HI/c1-20-19(21-13-16-3-5-17(6-4-16)15-28(2,25)26)24-10-8-23(9-11-24)14-18-7-12-27-22-18;/h3-7,12H,8-11,13-15H2,1-2H3,(H,20,21);1H. The summed E-state index contributed by atoms with van der Waals surface area (Å²) in [5.41, 5.74) is 2.84. The first-order chi connectivity index (χ1) is 13.4. The molecule has 0 atom stereocenters. The number of nitrogens with zero attached hydrogens (tertiary/aromatic N) is 4. The fourth-order valence-corrected chi connectivity index (χ4v) is 4.03. The maximum atomic E-state index is 11.4. The molecule has 2 heterocycles. The Labute approximate surface area is 189 Å². The molecule has 29 heavy (non-hydrogen) atoms. The summed E-state index contributed by atoms with van der Waals surface area (Å²) in [5, 5.41) is 7.36. The highest BCUT2D eigenvalue weighted by molar-refractivity contribution is 14.0. The lowest BCUT2D eigenvalue weighted by Gasteiger charge is -2.36. The van der Waals surface area contributed by atoms with Gasteiger partial charge >= 0.3 is 0 Å². The lowest BCUT2D eigenvalue weighted by molar-refractivity contribution is 0.169. The van der Waals surface area contributed by atoms with E-state index in [4.69, 9.17) is 4.52 Å². The summed E-state index contributed by atoms with van der Waals surface area (Å²) >= 11 is 0. The molecule has 0 unspecified atom stereocenters. The van der Waals surface area contributed by atoms with E-state index < -0.39 is 9.84 Å². The molecule has 0 saturated carbocycles. The minimum absolute atomic E-state index is 0. The molecule has 1 N–H and O–H groups in total. The molecule has 0 aliphatic carbocycles. The van der Waals surface area contributed by atoms with E-state index in [0.29, 0.717) is 6.54 Å². The van der Waals surface area contributed by atoms with Crippen molar-refractivity contribution in [2.24, 2.45) is 4.99 Å². The number of aliphatic imine (C=N–C) groups is 1. The third-order valence-electron chi connectivity index (χ3n) is 4.66. The molecule has 1 aromatic carbocycles. The van der Waals surface area contributed by atoms with Crippen molar-refractivity contribution in [2.45, 2.75) is 18.8 Å². The van der Waals surface area contributed by atoms with Crippen molar-refractivity contribution in [3.05, 3.63) is 53.4 Å². The fourth-order valence-electron chi connectivity index (χ4n) is 3.24. The fraction of sp³-hybridized carbons (Fsp3) is 0.474. The van der Waals surface area contributed by atoms with Gasteiger partial charge in [-0.1, -0.05) is 29.4 Å². The van der Waals surface area contributed by atoms with Gasteiger partial charge in [-0.05, 0) is 11.1 Å². The first-order valence-corrected chi connectivity index (χ1v) is 11.3. The van der Waals surface area contributed by atoms with Crippen molar-refractivity contribution in [3.8, 4) is 0 Å². The smallest absolute Gasteiger partial charge is 0.194 e. The number of rotatable bonds is 6. The summed E-state index contributed by atoms with van der Waals surface area (Å²) in [4.78, 5) is 9.00. The van der Waals surface area contributed by atoms with E-state index in [2.05, 4.69) is 25.3 Å². The summed E-state index contributed by atoms with van der Waals surface area (Å²) in [6.07, 6.45) is 2.85. The van der Waals surface area contributed by atoms with Crippen LogP contribution in [0.2, 0.25) is 0 Å². The monoisotopic (exact) mass is 533 g/mol. The van der Waals surface area contributed by atoms with Crippen molar-refractivity contribution in [2.75, 3.05) is 39.5 Å². The van der Waals surface area contributed by atoms with Gasteiger partial charge in [-0.3, -0.25) is 9.89 Å². The van der Waals surface area contributed by atoms with Crippen LogP contribution in [-0.4, -0.2) is 68.8 Å². The predicted octanol–water partition coefficient (Wildman–Crippen LogP) is 1.73. The molecule has 160 valence electrons. The molecule has 0 bridgehead atoms. The van der Waals surface area contributed by atoms with Crippen molar-refractivity contribution >= 4 is 39.8 Å². The van der Waals surface area contributed by atoms with Crippen LogP contribution in [0.15, 0.2) is 46.1 Å². The summed E-state index contributed by atoms with van der Waals surface area (Å²) in [6, 6.07) is 9.54. The molecule has 0 spiro atoms. The normalized spacial score (nSPS) is 15.8. The van der Waals surface area contributed by atoms with Gasteiger partial charge < -0.3 is 14.7 Å². The van der Waals surface area contributed by atoms with E-state index in [1.807, 2.05) is 30.3 Å². The summed E-state index contributed by atoms with van der Waals surface area (Å²) in [5.74, 6) is 0.947. The zero-order valence-electron chi connectivity index (χ0n) is 16.7. The van der Waals surface area contributed by atoms with Crippen LogP contribution < -0.4 is 5.32 Å². The maximum absolute atomic E-state index is 11.4. The van der Waals surface area contributed by atoms with Crippen LogP contribution in [0.4, 0.5) is 0 Å². The number of hydrogen-bond acceptors (Lipinski definition) is 6. The molecule has 2 aromatic rings. The Balaban J connectivity index is 0.00000300. The highest BCUT2D eigenvalue weighted by atomic mass is 127. The van der Waals surface area contributed by atoms with E-state index in [9.17, 15) is 8.42 Å². The van der Waals surface area contributed by atoms with E-state index in [-0.39, 0.29) is 29.7 Å². The Bertz CT molecular complexity index is 877. The largest absolute Gasteiger partial charge is 0.364 e. The van der Waals surface area contributed by atoms with Gasteiger partial charge in [-0.15, -0.1) is 24.0 Å². The Kier molecular flexibility index (Phi) is 8.90. The SMILES string of the molecule is CN=C(NCc1ccc(CS(C)(=O)=O)cc1)N1CCN(Cc2ccon2)CC1.I. The molecule has 1 fully saturated rings. The molecule has 3 rings (SSSR count). The molecule has 8 nitrogen and oxygen atoms in total. The summed E-state index contributed by atoms with van der Waals surface area (Å²) in [6.45, 7) is 5.11. The molecule has 1 saturated heterocycles. The Hall–Kier alpha value is -1.66. The zero-order chi connectivity index (χ0) is 20.0. The number of guanidine groups is 1. The van der Waals surface area contributed by atoms with Gasteiger partial charge in [0.15, 0.2) is 15.8 Å². The van der Waals surface area contributed by atoms with Crippen LogP contribution in [0.5, 0.6) is 0 Å². The lowest BCUT2D eigenvalue weighted by atomic mass is 10.1. The maximum Gasteiger partial charge on any atom is 0.194 e. The quantitative estimate of drug-likeness (QED) is 0.344. The van der Waals surface area contributed by atoms with Gasteiger partial charge in [-0.25, -0.2) is 8.42 Å². The first kappa shape index (κ1) is 23.6. The van der Waals surface area contributed by atoms with Gasteiger partial charge in [0.05, 0.1) is 11.4 Å². The van der Waals surface area contributed by atoms with E-state index in [1.54, 1.807) is 13.3 Å². The second-order valence-electron chi connectivity index (χ2n) is 7.04. The van der Waals surface area contributed by atoms with Gasteiger partial charge in [0.1, 0.15) is 6.26 Å². The zero-order valence-corrected chi connectivity index (χ0v) is 19.9. The molecule has 1 aromatic heterocycles. The van der Waals surface area contributed by atoms with Crippen molar-refractivity contribution in [1.29, 1.82) is 0 Å². The third kappa shape index (κ3) is 7.59. The number of piperazine rings is 1. The van der Waals surface area contributed by atoms with E-state index in [1.165, 1.54) is 6.26 Å². The van der Waals surface area contributed by atoms with Crippen LogP contribution in [-0.2, 0) is 28.7 Å². The predicted molar refractivity (Wildman–Crippen MR) is 124 cm³/mol. The lowest BCUT2D eigenvalue weighted by Crippen LogP contribution is -2.52. The van der Waals surface area contributed by atoms with Gasteiger partial charge in [0.2, 0.25) is 0 Å². The molecular formula is C19H28IN5O3S. The van der Waals surface area contributed by atoms with Gasteiger partial charge in [0, 0.05) is 58.6 Å². The van der Waals surface area contributed by atoms with Crippen molar-refractivity contribution in [3.63, 3.8) is 0 Å². The molecular weight excluding hydrogens is 505 g/mol. The summed E-state index contributed by atoms with van der Waals surface area (Å²) < 4.78 is 27.7. The number of hydrogen-bond donors (Lipinski definition) is 1. The second-order valence-corrected chi connectivity index (χ2v) is 9.18. The number of nitrogens with one attached hydrogen (secondary N) is 1. The molecule has 1 aliphatic heterocycles. The molecule has 0 amide bonds. The number of benzene rings is 1. The highest BCUT2D eigenvalue weighted by Gasteiger charge is 2.20. The van der Waals surface area contributed by atoms with Crippen LogP contribution in [0.1, 0.15) is 16.8 Å². The Morgan fingerprint density at radius 2 is 1.79 bits per heavy atom. The highest BCUT2D eigenvalue weighted by Crippen LogP contribution is 2.10. The van der Waals surface area contributed by atoms with Crippen molar-refractivity contribution < 1.29 is 12.9 Å². The minimum Gasteiger partial charge on any atom is -0.364 e. The topological polar surface area (TPSA) is 91.0 Å². The average Bonchev–Trinajstić information content (AvgIpc) is 3.16. The van der Waals surface area contributed by atoms with Crippen LogP contribution in [0, 0.1) is 0 Å². The molecule has 1 aliphatic rings. The van der Waals surface area contributed by atoms with Gasteiger partial charge in [0.25, 0.3) is 0 Å². The third-order valence-corrected chi connectivity index (χ3v) is 5.52. The van der Waals surface area contributed by atoms with E-state index in [0.717, 1.165) is 55.5 Å². The van der Waals surface area contributed by atoms with Crippen LogP contribution >= 0.6 is 24.0 Å². The average molecular weight is 533 g/mol. The van der Waals surface area contributed by atoms with Crippen molar-refractivity contribution in [1.82, 2.24) is 20.3 Å². The van der Waals surface area contributed by atoms with Crippen LogP contribution in [0.3, 0.4) is 0 Å². The van der Waals surface area contributed by atoms with Crippen LogP contribution in [0.25, 0.3) is 0 Å². The first-order valence-electron chi connectivity index (χ1n) is 9.26. The minimum atomic E-state index is -3.01. The Morgan fingerprint density at radius 1 is 1.14 bits per heavy atom.